The maximum Gasteiger partial charge on any atom is 0.221 e. The molecule has 4 heteroatoms. The summed E-state index contributed by atoms with van der Waals surface area (Å²) in [5.74, 6) is 0.956. The van der Waals surface area contributed by atoms with Crippen LogP contribution in [0.1, 0.15) is 45.2 Å². The number of methoxy groups -OCH3 is 1. The summed E-state index contributed by atoms with van der Waals surface area (Å²) in [6.07, 6.45) is 1.49. The van der Waals surface area contributed by atoms with Gasteiger partial charge in [-0.25, -0.2) is 0 Å². The Bertz CT molecular complexity index is 401. The molecule has 20 heavy (non-hydrogen) atoms. The molecule has 0 saturated heterocycles. The van der Waals surface area contributed by atoms with Crippen molar-refractivity contribution in [3.8, 4) is 5.75 Å². The SMILES string of the molecule is CCC(NCCC(=O)NC(C)C)c1ccc(OC)cc1. The molecule has 0 aliphatic carbocycles. The van der Waals surface area contributed by atoms with E-state index >= 15 is 0 Å². The molecule has 1 atom stereocenters. The van der Waals surface area contributed by atoms with E-state index in [1.165, 1.54) is 5.56 Å². The number of rotatable bonds is 8. The van der Waals surface area contributed by atoms with Crippen LogP contribution < -0.4 is 15.4 Å². The van der Waals surface area contributed by atoms with Crippen LogP contribution in [0.3, 0.4) is 0 Å². The Morgan fingerprint density at radius 2 is 1.90 bits per heavy atom. The van der Waals surface area contributed by atoms with E-state index in [1.807, 2.05) is 26.0 Å². The summed E-state index contributed by atoms with van der Waals surface area (Å²) in [7, 11) is 1.66. The lowest BCUT2D eigenvalue weighted by atomic mass is 10.0. The van der Waals surface area contributed by atoms with Gasteiger partial charge in [0.05, 0.1) is 7.11 Å². The van der Waals surface area contributed by atoms with Gasteiger partial charge in [-0.15, -0.1) is 0 Å². The van der Waals surface area contributed by atoms with Crippen LogP contribution in [0.5, 0.6) is 5.75 Å². The first-order valence-electron chi connectivity index (χ1n) is 7.23. The lowest BCUT2D eigenvalue weighted by Crippen LogP contribution is -2.33. The van der Waals surface area contributed by atoms with Crippen LogP contribution in [0.15, 0.2) is 24.3 Å². The van der Waals surface area contributed by atoms with Gasteiger partial charge in [-0.1, -0.05) is 19.1 Å². The first-order chi connectivity index (χ1) is 9.56. The Balaban J connectivity index is 2.44. The van der Waals surface area contributed by atoms with Gasteiger partial charge in [0.15, 0.2) is 0 Å². The zero-order valence-electron chi connectivity index (χ0n) is 12.9. The zero-order valence-corrected chi connectivity index (χ0v) is 12.9. The van der Waals surface area contributed by atoms with E-state index in [2.05, 4.69) is 29.7 Å². The lowest BCUT2D eigenvalue weighted by molar-refractivity contribution is -0.121. The molecule has 1 rings (SSSR count). The highest BCUT2D eigenvalue weighted by Crippen LogP contribution is 2.19. The molecule has 1 aromatic rings. The highest BCUT2D eigenvalue weighted by Gasteiger charge is 2.10. The minimum Gasteiger partial charge on any atom is -0.497 e. The minimum atomic E-state index is 0.0945. The molecular formula is C16H26N2O2. The Labute approximate surface area is 121 Å². The molecule has 0 aliphatic rings. The number of amides is 1. The molecule has 112 valence electrons. The van der Waals surface area contributed by atoms with Crippen molar-refractivity contribution in [1.29, 1.82) is 0 Å². The second kappa shape index (κ2) is 8.59. The van der Waals surface area contributed by atoms with E-state index in [9.17, 15) is 4.79 Å². The van der Waals surface area contributed by atoms with Crippen LogP contribution in [0.4, 0.5) is 0 Å². The average molecular weight is 278 g/mol. The average Bonchev–Trinajstić information content (AvgIpc) is 2.43. The first-order valence-corrected chi connectivity index (χ1v) is 7.23. The van der Waals surface area contributed by atoms with Crippen molar-refractivity contribution in [2.75, 3.05) is 13.7 Å². The molecule has 0 aliphatic heterocycles. The Hall–Kier alpha value is -1.55. The molecule has 2 N–H and O–H groups in total. The Morgan fingerprint density at radius 3 is 2.40 bits per heavy atom. The summed E-state index contributed by atoms with van der Waals surface area (Å²) in [6.45, 7) is 6.76. The second-order valence-corrected chi connectivity index (χ2v) is 5.16. The zero-order chi connectivity index (χ0) is 15.0. The van der Waals surface area contributed by atoms with Gasteiger partial charge in [-0.3, -0.25) is 4.79 Å². The van der Waals surface area contributed by atoms with E-state index in [-0.39, 0.29) is 18.0 Å². The molecule has 0 aromatic heterocycles. The molecule has 4 nitrogen and oxygen atoms in total. The van der Waals surface area contributed by atoms with Crippen LogP contribution in [-0.4, -0.2) is 25.6 Å². The van der Waals surface area contributed by atoms with Gasteiger partial charge >= 0.3 is 0 Å². The molecule has 1 amide bonds. The predicted octanol–water partition coefficient (Wildman–Crippen LogP) is 2.65. The van der Waals surface area contributed by atoms with Gasteiger partial charge in [0.25, 0.3) is 0 Å². The fourth-order valence-corrected chi connectivity index (χ4v) is 2.09. The van der Waals surface area contributed by atoms with Crippen molar-refractivity contribution in [3.63, 3.8) is 0 Å². The van der Waals surface area contributed by atoms with Gasteiger partial charge in [0.1, 0.15) is 5.75 Å². The largest absolute Gasteiger partial charge is 0.497 e. The van der Waals surface area contributed by atoms with Crippen LogP contribution in [0.2, 0.25) is 0 Å². The summed E-state index contributed by atoms with van der Waals surface area (Å²) in [6, 6.07) is 8.53. The van der Waals surface area contributed by atoms with E-state index < -0.39 is 0 Å². The van der Waals surface area contributed by atoms with Crippen molar-refractivity contribution >= 4 is 5.91 Å². The molecule has 0 radical (unpaired) electrons. The normalized spacial score (nSPS) is 12.2. The molecule has 1 unspecified atom stereocenters. The third kappa shape index (κ3) is 5.61. The summed E-state index contributed by atoms with van der Waals surface area (Å²) < 4.78 is 5.16. The number of hydrogen-bond donors (Lipinski definition) is 2. The first kappa shape index (κ1) is 16.5. The van der Waals surface area contributed by atoms with Crippen LogP contribution >= 0.6 is 0 Å². The van der Waals surface area contributed by atoms with Gasteiger partial charge in [-0.05, 0) is 38.0 Å². The predicted molar refractivity (Wildman–Crippen MR) is 81.9 cm³/mol. The van der Waals surface area contributed by atoms with Crippen LogP contribution in [0, 0.1) is 0 Å². The van der Waals surface area contributed by atoms with E-state index in [0.717, 1.165) is 12.2 Å². The summed E-state index contributed by atoms with van der Waals surface area (Å²) in [5, 5.41) is 6.32. The van der Waals surface area contributed by atoms with Crippen molar-refractivity contribution in [1.82, 2.24) is 10.6 Å². The van der Waals surface area contributed by atoms with E-state index in [4.69, 9.17) is 4.74 Å². The quantitative estimate of drug-likeness (QED) is 0.768. The maximum absolute atomic E-state index is 11.6. The van der Waals surface area contributed by atoms with Crippen molar-refractivity contribution in [2.24, 2.45) is 0 Å². The number of carbonyl (C=O) groups excluding carboxylic acids is 1. The topological polar surface area (TPSA) is 50.4 Å². The van der Waals surface area contributed by atoms with Gasteiger partial charge in [0.2, 0.25) is 5.91 Å². The smallest absolute Gasteiger partial charge is 0.221 e. The molecule has 0 fully saturated rings. The monoisotopic (exact) mass is 278 g/mol. The number of ether oxygens (including phenoxy) is 1. The molecule has 0 spiro atoms. The minimum absolute atomic E-state index is 0.0945. The standard InChI is InChI=1S/C16H26N2O2/c1-5-15(13-6-8-14(20-4)9-7-13)17-11-10-16(19)18-12(2)3/h6-9,12,15,17H,5,10-11H2,1-4H3,(H,18,19). The number of carbonyl (C=O) groups is 1. The Morgan fingerprint density at radius 1 is 1.25 bits per heavy atom. The lowest BCUT2D eigenvalue weighted by Gasteiger charge is -2.18. The van der Waals surface area contributed by atoms with Crippen molar-refractivity contribution in [3.05, 3.63) is 29.8 Å². The van der Waals surface area contributed by atoms with E-state index in [0.29, 0.717) is 13.0 Å². The highest BCUT2D eigenvalue weighted by molar-refractivity contribution is 5.76. The van der Waals surface area contributed by atoms with Crippen LogP contribution in [0.25, 0.3) is 0 Å². The number of nitrogens with one attached hydrogen (secondary N) is 2. The van der Waals surface area contributed by atoms with Gasteiger partial charge in [-0.2, -0.15) is 0 Å². The molecule has 1 aromatic carbocycles. The second-order valence-electron chi connectivity index (χ2n) is 5.16. The maximum atomic E-state index is 11.6. The van der Waals surface area contributed by atoms with E-state index in [1.54, 1.807) is 7.11 Å². The fraction of sp³-hybridized carbons (Fsp3) is 0.562. The number of benzene rings is 1. The van der Waals surface area contributed by atoms with Gasteiger partial charge < -0.3 is 15.4 Å². The summed E-state index contributed by atoms with van der Waals surface area (Å²) in [4.78, 5) is 11.6. The van der Waals surface area contributed by atoms with Crippen LogP contribution in [-0.2, 0) is 4.79 Å². The molecule has 0 heterocycles. The van der Waals surface area contributed by atoms with Crippen molar-refractivity contribution < 1.29 is 9.53 Å². The third-order valence-electron chi connectivity index (χ3n) is 3.12. The summed E-state index contributed by atoms with van der Waals surface area (Å²) in [5.41, 5.74) is 1.22. The molecule has 0 saturated carbocycles. The highest BCUT2D eigenvalue weighted by atomic mass is 16.5. The van der Waals surface area contributed by atoms with Gasteiger partial charge in [0, 0.05) is 25.0 Å². The summed E-state index contributed by atoms with van der Waals surface area (Å²) >= 11 is 0. The molecule has 0 bridgehead atoms. The third-order valence-corrected chi connectivity index (χ3v) is 3.12. The molecular weight excluding hydrogens is 252 g/mol. The fourth-order valence-electron chi connectivity index (χ4n) is 2.09. The Kier molecular flexibility index (Phi) is 7.09. The number of hydrogen-bond acceptors (Lipinski definition) is 3. The van der Waals surface area contributed by atoms with Crippen molar-refractivity contribution in [2.45, 2.75) is 45.7 Å².